The zero-order valence-electron chi connectivity index (χ0n) is 16.2. The van der Waals surface area contributed by atoms with Crippen molar-refractivity contribution in [3.63, 3.8) is 0 Å². The molecule has 1 aromatic heterocycles. The van der Waals surface area contributed by atoms with Crippen LogP contribution in [0.2, 0.25) is 0 Å². The Balaban J connectivity index is 1.63. The van der Waals surface area contributed by atoms with Crippen molar-refractivity contribution in [3.8, 4) is 11.3 Å². The van der Waals surface area contributed by atoms with E-state index in [1.54, 1.807) is 11.0 Å². The molecule has 0 spiro atoms. The van der Waals surface area contributed by atoms with Gasteiger partial charge in [-0.1, -0.05) is 35.9 Å². The predicted molar refractivity (Wildman–Crippen MR) is 115 cm³/mol. The summed E-state index contributed by atoms with van der Waals surface area (Å²) < 4.78 is 23.4. The summed E-state index contributed by atoms with van der Waals surface area (Å²) >= 11 is 1.51. The van der Waals surface area contributed by atoms with E-state index in [1.807, 2.05) is 38.1 Å². The van der Waals surface area contributed by atoms with Crippen molar-refractivity contribution in [1.82, 2.24) is 4.98 Å². The Kier molecular flexibility index (Phi) is 5.02. The molecule has 2 aromatic carbocycles. The average Bonchev–Trinajstić information content (AvgIpc) is 3.24. The van der Waals surface area contributed by atoms with Crippen LogP contribution in [0.4, 0.5) is 5.69 Å². The molecule has 4 rings (SSSR count). The number of amides is 1. The first kappa shape index (κ1) is 19.8. The van der Waals surface area contributed by atoms with Crippen LogP contribution in [0, 0.1) is 13.8 Å². The number of carbonyl (C=O) groups is 1. The summed E-state index contributed by atoms with van der Waals surface area (Å²) in [5.41, 5.74) is 4.56. The van der Waals surface area contributed by atoms with Gasteiger partial charge in [0, 0.05) is 22.7 Å². The topological polar surface area (TPSA) is 93.4 Å². The van der Waals surface area contributed by atoms with E-state index < -0.39 is 10.0 Å². The van der Waals surface area contributed by atoms with Gasteiger partial charge in [-0.2, -0.15) is 0 Å². The lowest BCUT2D eigenvalue weighted by molar-refractivity contribution is -0.117. The number of primary sulfonamides is 1. The Bertz CT molecular complexity index is 1200. The standard InChI is InChI=1S/C21H21N3O3S2/c1-13-3-5-16(6-4-13)21-19(28-14(2)23-21)12-20(25)24-10-9-15-7-8-17(11-18(15)24)29(22,26)27/h3-8,11H,9-10,12H2,1-2H3,(H2,22,26,27). The third-order valence-corrected chi connectivity index (χ3v) is 6.90. The number of nitrogens with zero attached hydrogens (tertiary/aromatic N) is 2. The third-order valence-electron chi connectivity index (χ3n) is 5.02. The molecule has 1 aliphatic rings. The van der Waals surface area contributed by atoms with Gasteiger partial charge in [-0.05, 0) is 38.0 Å². The third kappa shape index (κ3) is 3.96. The van der Waals surface area contributed by atoms with Crippen molar-refractivity contribution in [2.24, 2.45) is 5.14 Å². The second kappa shape index (κ2) is 7.37. The number of carbonyl (C=O) groups excluding carboxylic acids is 1. The van der Waals surface area contributed by atoms with Crippen LogP contribution in [0.15, 0.2) is 47.4 Å². The smallest absolute Gasteiger partial charge is 0.238 e. The average molecular weight is 428 g/mol. The maximum absolute atomic E-state index is 13.1. The first-order valence-electron chi connectivity index (χ1n) is 9.22. The monoisotopic (exact) mass is 427 g/mol. The molecule has 0 aliphatic carbocycles. The van der Waals surface area contributed by atoms with Gasteiger partial charge in [0.1, 0.15) is 0 Å². The summed E-state index contributed by atoms with van der Waals surface area (Å²) in [6.45, 7) is 4.49. The largest absolute Gasteiger partial charge is 0.311 e. The Morgan fingerprint density at radius 2 is 1.90 bits per heavy atom. The fourth-order valence-electron chi connectivity index (χ4n) is 3.55. The number of hydrogen-bond acceptors (Lipinski definition) is 5. The van der Waals surface area contributed by atoms with Crippen molar-refractivity contribution < 1.29 is 13.2 Å². The van der Waals surface area contributed by atoms with Crippen molar-refractivity contribution in [2.75, 3.05) is 11.4 Å². The highest BCUT2D eigenvalue weighted by atomic mass is 32.2. The first-order chi connectivity index (χ1) is 13.7. The summed E-state index contributed by atoms with van der Waals surface area (Å²) in [4.78, 5) is 20.3. The van der Waals surface area contributed by atoms with E-state index in [0.29, 0.717) is 18.7 Å². The predicted octanol–water partition coefficient (Wildman–Crippen LogP) is 3.21. The van der Waals surface area contributed by atoms with Gasteiger partial charge < -0.3 is 4.90 Å². The van der Waals surface area contributed by atoms with Gasteiger partial charge in [0.25, 0.3) is 0 Å². The molecule has 8 heteroatoms. The molecule has 3 aromatic rings. The lowest BCUT2D eigenvalue weighted by Crippen LogP contribution is -2.30. The number of anilines is 1. The summed E-state index contributed by atoms with van der Waals surface area (Å²) in [7, 11) is -3.82. The highest BCUT2D eigenvalue weighted by molar-refractivity contribution is 7.89. The molecule has 150 valence electrons. The molecule has 0 radical (unpaired) electrons. The fourth-order valence-corrected chi connectivity index (χ4v) is 5.04. The molecule has 29 heavy (non-hydrogen) atoms. The van der Waals surface area contributed by atoms with Crippen molar-refractivity contribution >= 4 is 33.0 Å². The van der Waals surface area contributed by atoms with E-state index in [0.717, 1.165) is 32.3 Å². The molecule has 0 fully saturated rings. The molecule has 0 unspecified atom stereocenters. The molecule has 1 amide bonds. The van der Waals surface area contributed by atoms with Crippen LogP contribution in [0.25, 0.3) is 11.3 Å². The molecular weight excluding hydrogens is 406 g/mol. The van der Waals surface area contributed by atoms with Gasteiger partial charge in [-0.3, -0.25) is 4.79 Å². The van der Waals surface area contributed by atoms with E-state index >= 15 is 0 Å². The minimum atomic E-state index is -3.82. The maximum atomic E-state index is 13.1. The van der Waals surface area contributed by atoms with Gasteiger partial charge in [-0.15, -0.1) is 11.3 Å². The minimum Gasteiger partial charge on any atom is -0.311 e. The normalized spacial score (nSPS) is 13.6. The highest BCUT2D eigenvalue weighted by Gasteiger charge is 2.27. The van der Waals surface area contributed by atoms with E-state index in [4.69, 9.17) is 5.14 Å². The number of hydrogen-bond donors (Lipinski definition) is 1. The van der Waals surface area contributed by atoms with Crippen molar-refractivity contribution in [1.29, 1.82) is 0 Å². The first-order valence-corrected chi connectivity index (χ1v) is 11.6. The second-order valence-electron chi connectivity index (χ2n) is 7.18. The Labute approximate surface area is 174 Å². The summed E-state index contributed by atoms with van der Waals surface area (Å²) in [6, 6.07) is 12.8. The van der Waals surface area contributed by atoms with Crippen LogP contribution in [-0.2, 0) is 27.7 Å². The molecule has 2 N–H and O–H groups in total. The number of sulfonamides is 1. The van der Waals surface area contributed by atoms with Crippen molar-refractivity contribution in [3.05, 3.63) is 63.5 Å². The van der Waals surface area contributed by atoms with E-state index in [2.05, 4.69) is 4.98 Å². The summed E-state index contributed by atoms with van der Waals surface area (Å²) in [5, 5.41) is 6.16. The Hall–Kier alpha value is -2.55. The fraction of sp³-hybridized carbons (Fsp3) is 0.238. The van der Waals surface area contributed by atoms with Gasteiger partial charge in [0.05, 0.1) is 22.0 Å². The highest BCUT2D eigenvalue weighted by Crippen LogP contribution is 2.33. The zero-order valence-corrected chi connectivity index (χ0v) is 17.8. The van der Waals surface area contributed by atoms with Crippen LogP contribution in [0.1, 0.15) is 21.0 Å². The Morgan fingerprint density at radius 1 is 1.17 bits per heavy atom. The molecule has 0 bridgehead atoms. The van der Waals surface area contributed by atoms with E-state index in [9.17, 15) is 13.2 Å². The SMILES string of the molecule is Cc1ccc(-c2nc(C)sc2CC(=O)N2CCc3ccc(S(N)(=O)=O)cc32)cc1. The van der Waals surface area contributed by atoms with Gasteiger partial charge in [0.15, 0.2) is 0 Å². The molecule has 0 atom stereocenters. The Morgan fingerprint density at radius 3 is 2.59 bits per heavy atom. The second-order valence-corrected chi connectivity index (χ2v) is 10.0. The number of aromatic nitrogens is 1. The molecular formula is C21H21N3O3S2. The van der Waals surface area contributed by atoms with Crippen LogP contribution >= 0.6 is 11.3 Å². The molecule has 6 nitrogen and oxygen atoms in total. The van der Waals surface area contributed by atoms with E-state index in [1.165, 1.54) is 23.5 Å². The maximum Gasteiger partial charge on any atom is 0.238 e. The molecule has 0 saturated heterocycles. The van der Waals surface area contributed by atoms with Crippen LogP contribution in [0.5, 0.6) is 0 Å². The zero-order chi connectivity index (χ0) is 20.8. The quantitative estimate of drug-likeness (QED) is 0.692. The molecule has 0 saturated carbocycles. The van der Waals surface area contributed by atoms with Gasteiger partial charge in [0.2, 0.25) is 15.9 Å². The van der Waals surface area contributed by atoms with Crippen LogP contribution in [-0.4, -0.2) is 25.9 Å². The molecule has 1 aliphatic heterocycles. The number of aryl methyl sites for hydroxylation is 2. The van der Waals surface area contributed by atoms with Crippen LogP contribution < -0.4 is 10.0 Å². The van der Waals surface area contributed by atoms with E-state index in [-0.39, 0.29) is 17.2 Å². The summed E-state index contributed by atoms with van der Waals surface area (Å²) in [5.74, 6) is -0.0765. The summed E-state index contributed by atoms with van der Waals surface area (Å²) in [6.07, 6.45) is 0.909. The number of nitrogens with two attached hydrogens (primary N) is 1. The lowest BCUT2D eigenvalue weighted by Gasteiger charge is -2.18. The number of thiazole rings is 1. The van der Waals surface area contributed by atoms with Crippen LogP contribution in [0.3, 0.4) is 0 Å². The number of benzene rings is 2. The lowest BCUT2D eigenvalue weighted by atomic mass is 10.1. The van der Waals surface area contributed by atoms with Gasteiger partial charge >= 0.3 is 0 Å². The number of rotatable bonds is 4. The van der Waals surface area contributed by atoms with Gasteiger partial charge in [-0.25, -0.2) is 18.5 Å². The minimum absolute atomic E-state index is 0.0185. The molecule has 2 heterocycles. The number of fused-ring (bicyclic) bond motifs is 1. The van der Waals surface area contributed by atoms with Crippen molar-refractivity contribution in [2.45, 2.75) is 31.6 Å².